The molecule has 2 unspecified atom stereocenters. The van der Waals surface area contributed by atoms with Gasteiger partial charge in [0.05, 0.1) is 0 Å². The Morgan fingerprint density at radius 3 is 2.40 bits per heavy atom. The molecular weight excluding hydrogens is 160 g/mol. The fourth-order valence-corrected chi connectivity index (χ4v) is 0.608. The summed E-state index contributed by atoms with van der Waals surface area (Å²) in [7, 11) is 0. The van der Waals surface area contributed by atoms with Gasteiger partial charge in [0.1, 0.15) is 0 Å². The molecule has 5 nitrogen and oxygen atoms in total. The standard InChI is InChI=1S/C4H6O5S/c1-2-3(4(5)6)9-10(7)8/h2-3H,1H2,(H,5,6)(H,7,8). The summed E-state index contributed by atoms with van der Waals surface area (Å²) in [4.78, 5) is 10.0. The zero-order chi connectivity index (χ0) is 8.15. The van der Waals surface area contributed by atoms with Crippen LogP contribution >= 0.6 is 0 Å². The van der Waals surface area contributed by atoms with Gasteiger partial charge in [-0.05, 0) is 0 Å². The molecule has 0 radical (unpaired) electrons. The lowest BCUT2D eigenvalue weighted by Gasteiger charge is -2.02. The van der Waals surface area contributed by atoms with Crippen molar-refractivity contribution in [2.45, 2.75) is 6.10 Å². The third-order valence-corrected chi connectivity index (χ3v) is 1.02. The molecule has 0 aromatic rings. The summed E-state index contributed by atoms with van der Waals surface area (Å²) in [5.74, 6) is -1.35. The zero-order valence-electron chi connectivity index (χ0n) is 4.89. The SMILES string of the molecule is C=CC(OS(=O)O)C(=O)O. The van der Waals surface area contributed by atoms with E-state index in [2.05, 4.69) is 10.8 Å². The first kappa shape index (κ1) is 9.28. The molecule has 0 spiro atoms. The summed E-state index contributed by atoms with van der Waals surface area (Å²) in [6.45, 7) is 3.08. The van der Waals surface area contributed by atoms with Gasteiger partial charge in [0.25, 0.3) is 0 Å². The van der Waals surface area contributed by atoms with Crippen molar-refractivity contribution in [2.75, 3.05) is 0 Å². The van der Waals surface area contributed by atoms with Gasteiger partial charge in [-0.15, -0.1) is 0 Å². The molecule has 0 aromatic carbocycles. The van der Waals surface area contributed by atoms with Gasteiger partial charge in [-0.3, -0.25) is 4.55 Å². The minimum absolute atomic E-state index is 0.913. The fourth-order valence-electron chi connectivity index (χ4n) is 0.270. The van der Waals surface area contributed by atoms with Crippen molar-refractivity contribution < 1.29 is 22.8 Å². The predicted octanol–water partition coefficient (Wildman–Crippen LogP) is -0.221. The molecule has 0 heterocycles. The largest absolute Gasteiger partial charge is 0.479 e. The lowest BCUT2D eigenvalue weighted by Crippen LogP contribution is -2.21. The van der Waals surface area contributed by atoms with Gasteiger partial charge in [-0.2, -0.15) is 4.21 Å². The third-order valence-electron chi connectivity index (χ3n) is 0.643. The maximum Gasteiger partial charge on any atom is 0.338 e. The van der Waals surface area contributed by atoms with E-state index in [9.17, 15) is 9.00 Å². The van der Waals surface area contributed by atoms with E-state index in [-0.39, 0.29) is 0 Å². The average molecular weight is 166 g/mol. The van der Waals surface area contributed by atoms with Crippen LogP contribution in [-0.2, 0) is 20.3 Å². The van der Waals surface area contributed by atoms with E-state index in [0.717, 1.165) is 6.08 Å². The van der Waals surface area contributed by atoms with Crippen LogP contribution in [0.1, 0.15) is 0 Å². The van der Waals surface area contributed by atoms with E-state index in [0.29, 0.717) is 0 Å². The lowest BCUT2D eigenvalue weighted by atomic mass is 10.4. The van der Waals surface area contributed by atoms with Crippen LogP contribution in [0.2, 0.25) is 0 Å². The molecule has 2 N–H and O–H groups in total. The van der Waals surface area contributed by atoms with Crippen molar-refractivity contribution in [1.29, 1.82) is 0 Å². The number of carboxylic acid groups (broad SMARTS) is 1. The molecule has 58 valence electrons. The molecule has 0 aliphatic carbocycles. The highest BCUT2D eigenvalue weighted by Crippen LogP contribution is 1.94. The Morgan fingerprint density at radius 1 is 1.80 bits per heavy atom. The van der Waals surface area contributed by atoms with Gasteiger partial charge in [-0.1, -0.05) is 12.7 Å². The molecule has 6 heteroatoms. The number of hydrogen-bond donors (Lipinski definition) is 2. The molecule has 0 aliphatic heterocycles. The summed E-state index contributed by atoms with van der Waals surface area (Å²) in [6, 6.07) is 0. The first-order valence-corrected chi connectivity index (χ1v) is 3.24. The van der Waals surface area contributed by atoms with Crippen LogP contribution in [0.3, 0.4) is 0 Å². The number of carboxylic acids is 1. The van der Waals surface area contributed by atoms with Crippen LogP contribution in [0.15, 0.2) is 12.7 Å². The monoisotopic (exact) mass is 166 g/mol. The lowest BCUT2D eigenvalue weighted by molar-refractivity contribution is -0.142. The Morgan fingerprint density at radius 2 is 2.30 bits per heavy atom. The number of aliphatic carboxylic acids is 1. The van der Waals surface area contributed by atoms with Gasteiger partial charge in [0, 0.05) is 0 Å². The van der Waals surface area contributed by atoms with Gasteiger partial charge in [0.15, 0.2) is 6.10 Å². The van der Waals surface area contributed by atoms with Crippen molar-refractivity contribution in [3.63, 3.8) is 0 Å². The number of carbonyl (C=O) groups is 1. The fraction of sp³-hybridized carbons (Fsp3) is 0.250. The van der Waals surface area contributed by atoms with E-state index in [1.54, 1.807) is 0 Å². The maximum absolute atomic E-state index is 10.0. The van der Waals surface area contributed by atoms with Crippen LogP contribution in [0.5, 0.6) is 0 Å². The van der Waals surface area contributed by atoms with E-state index >= 15 is 0 Å². The van der Waals surface area contributed by atoms with E-state index in [4.69, 9.17) is 9.66 Å². The van der Waals surface area contributed by atoms with Crippen LogP contribution in [-0.4, -0.2) is 25.9 Å². The van der Waals surface area contributed by atoms with E-state index in [1.165, 1.54) is 0 Å². The van der Waals surface area contributed by atoms with Crippen molar-refractivity contribution in [3.8, 4) is 0 Å². The molecule has 10 heavy (non-hydrogen) atoms. The summed E-state index contributed by atoms with van der Waals surface area (Å²) < 4.78 is 21.9. The molecule has 0 bridgehead atoms. The van der Waals surface area contributed by atoms with Crippen LogP contribution < -0.4 is 0 Å². The number of hydrogen-bond acceptors (Lipinski definition) is 3. The van der Waals surface area contributed by atoms with Crippen LogP contribution in [0, 0.1) is 0 Å². The molecule has 0 rings (SSSR count). The molecular formula is C4H6O5S. The Bertz CT molecular complexity index is 165. The zero-order valence-corrected chi connectivity index (χ0v) is 5.71. The maximum atomic E-state index is 10.0. The Hall–Kier alpha value is -0.720. The minimum atomic E-state index is -2.57. The highest BCUT2D eigenvalue weighted by Gasteiger charge is 2.15. The van der Waals surface area contributed by atoms with E-state index < -0.39 is 23.4 Å². The summed E-state index contributed by atoms with van der Waals surface area (Å²) >= 11 is -2.57. The van der Waals surface area contributed by atoms with Crippen LogP contribution in [0.4, 0.5) is 0 Å². The highest BCUT2D eigenvalue weighted by molar-refractivity contribution is 7.74. The van der Waals surface area contributed by atoms with Crippen LogP contribution in [0.25, 0.3) is 0 Å². The van der Waals surface area contributed by atoms with Crippen molar-refractivity contribution in [3.05, 3.63) is 12.7 Å². The Balaban J connectivity index is 3.96. The van der Waals surface area contributed by atoms with Gasteiger partial charge >= 0.3 is 17.3 Å². The molecule has 0 aliphatic rings. The second kappa shape index (κ2) is 4.15. The van der Waals surface area contributed by atoms with Gasteiger partial charge < -0.3 is 5.11 Å². The third kappa shape index (κ3) is 3.33. The smallest absolute Gasteiger partial charge is 0.338 e. The van der Waals surface area contributed by atoms with Gasteiger partial charge in [-0.25, -0.2) is 8.98 Å². The Kier molecular flexibility index (Phi) is 3.85. The predicted molar refractivity (Wildman–Crippen MR) is 33.5 cm³/mol. The first-order valence-electron chi connectivity index (χ1n) is 2.21. The summed E-state index contributed by atoms with van der Waals surface area (Å²) in [5, 5.41) is 8.18. The molecule has 0 saturated carbocycles. The molecule has 2 atom stereocenters. The quantitative estimate of drug-likeness (QED) is 0.445. The molecule has 0 aromatic heterocycles. The topological polar surface area (TPSA) is 83.8 Å². The van der Waals surface area contributed by atoms with Crippen molar-refractivity contribution >= 4 is 17.3 Å². The van der Waals surface area contributed by atoms with Crippen molar-refractivity contribution in [1.82, 2.24) is 0 Å². The van der Waals surface area contributed by atoms with Gasteiger partial charge in [0.2, 0.25) is 0 Å². The van der Waals surface area contributed by atoms with E-state index in [1.807, 2.05) is 0 Å². The normalized spacial score (nSPS) is 15.7. The Labute approximate surface area is 59.8 Å². The summed E-state index contributed by atoms with van der Waals surface area (Å²) in [6.07, 6.45) is -0.512. The second-order valence-corrected chi connectivity index (χ2v) is 1.93. The highest BCUT2D eigenvalue weighted by atomic mass is 32.2. The summed E-state index contributed by atoms with van der Waals surface area (Å²) in [5.41, 5.74) is 0. The number of rotatable bonds is 4. The van der Waals surface area contributed by atoms with Crippen molar-refractivity contribution in [2.24, 2.45) is 0 Å². The molecule has 0 amide bonds. The first-order chi connectivity index (χ1) is 4.57. The average Bonchev–Trinajstić information content (AvgIpc) is 1.81. The molecule has 0 fully saturated rings. The second-order valence-electron chi connectivity index (χ2n) is 1.31. The minimum Gasteiger partial charge on any atom is -0.479 e. The molecule has 0 saturated heterocycles.